The summed E-state index contributed by atoms with van der Waals surface area (Å²) in [5.74, 6) is 0.191. The number of carbonyl (C=O) groups excluding carboxylic acids is 2. The summed E-state index contributed by atoms with van der Waals surface area (Å²) in [6, 6.07) is 4.85. The highest BCUT2D eigenvalue weighted by Gasteiger charge is 2.24. The Morgan fingerprint density at radius 2 is 2.07 bits per heavy atom. The second-order valence-corrected chi connectivity index (χ2v) is 7.37. The largest absolute Gasteiger partial charge is 0.352 e. The molecule has 8 heteroatoms. The lowest BCUT2D eigenvalue weighted by atomic mass is 9.97. The van der Waals surface area contributed by atoms with Gasteiger partial charge < -0.3 is 14.8 Å². The van der Waals surface area contributed by atoms with Crippen molar-refractivity contribution < 1.29 is 9.59 Å². The van der Waals surface area contributed by atoms with Gasteiger partial charge >= 0.3 is 0 Å². The Labute approximate surface area is 164 Å². The number of pyridine rings is 1. The topological polar surface area (TPSA) is 89.2 Å². The SMILES string of the molecule is Cn1nccc1CCC(=O)N1CCCC(CNC(=O)c2ccc(=O)n(C)c2)C1. The maximum Gasteiger partial charge on any atom is 0.252 e. The van der Waals surface area contributed by atoms with Gasteiger partial charge in [-0.05, 0) is 37.3 Å². The molecule has 2 amide bonds. The Kier molecular flexibility index (Phi) is 6.28. The molecule has 2 aromatic heterocycles. The molecule has 0 radical (unpaired) electrons. The molecule has 0 bridgehead atoms. The van der Waals surface area contributed by atoms with Crippen LogP contribution in [-0.4, -0.2) is 50.7 Å². The zero-order chi connectivity index (χ0) is 20.1. The van der Waals surface area contributed by atoms with Gasteiger partial charge in [0, 0.05) is 64.3 Å². The molecule has 1 aliphatic rings. The number of aryl methyl sites for hydroxylation is 3. The maximum absolute atomic E-state index is 12.6. The van der Waals surface area contributed by atoms with Crippen LogP contribution in [0, 0.1) is 5.92 Å². The van der Waals surface area contributed by atoms with E-state index in [9.17, 15) is 14.4 Å². The molecule has 0 saturated carbocycles. The van der Waals surface area contributed by atoms with Crippen LogP contribution in [0.15, 0.2) is 35.4 Å². The van der Waals surface area contributed by atoms with Crippen LogP contribution in [0.1, 0.15) is 35.3 Å². The smallest absolute Gasteiger partial charge is 0.252 e. The number of rotatable bonds is 6. The van der Waals surface area contributed by atoms with Crippen LogP contribution in [0.25, 0.3) is 0 Å². The van der Waals surface area contributed by atoms with E-state index in [2.05, 4.69) is 10.4 Å². The molecule has 1 aliphatic heterocycles. The molecule has 3 heterocycles. The Balaban J connectivity index is 1.48. The first kappa shape index (κ1) is 19.9. The molecule has 28 heavy (non-hydrogen) atoms. The number of nitrogens with one attached hydrogen (secondary N) is 1. The fourth-order valence-electron chi connectivity index (χ4n) is 3.57. The Morgan fingerprint density at radius 3 is 2.79 bits per heavy atom. The standard InChI is InChI=1S/C20H27N5O3/c1-23-14-16(5-7-18(23)26)20(28)21-12-15-4-3-11-25(13-15)19(27)8-6-17-9-10-22-24(17)2/h5,7,9-10,14-15H,3-4,6,8,11-13H2,1-2H3,(H,21,28). The number of hydrogen-bond acceptors (Lipinski definition) is 4. The normalized spacial score (nSPS) is 16.8. The molecule has 3 rings (SSSR count). The summed E-state index contributed by atoms with van der Waals surface area (Å²) in [7, 11) is 3.50. The first-order chi connectivity index (χ1) is 13.4. The predicted octanol–water partition coefficient (Wildman–Crippen LogP) is 0.720. The average Bonchev–Trinajstić information content (AvgIpc) is 3.11. The highest BCUT2D eigenvalue weighted by atomic mass is 16.2. The molecule has 8 nitrogen and oxygen atoms in total. The molecule has 1 fully saturated rings. The average molecular weight is 385 g/mol. The Hall–Kier alpha value is -2.90. The van der Waals surface area contributed by atoms with Crippen LogP contribution in [0.5, 0.6) is 0 Å². The van der Waals surface area contributed by atoms with Gasteiger partial charge in [-0.1, -0.05) is 0 Å². The van der Waals surface area contributed by atoms with E-state index in [1.165, 1.54) is 22.9 Å². The lowest BCUT2D eigenvalue weighted by molar-refractivity contribution is -0.132. The quantitative estimate of drug-likeness (QED) is 0.794. The van der Waals surface area contributed by atoms with Gasteiger partial charge in [-0.3, -0.25) is 19.1 Å². The minimum absolute atomic E-state index is 0.148. The highest BCUT2D eigenvalue weighted by Crippen LogP contribution is 2.17. The van der Waals surface area contributed by atoms with Crippen molar-refractivity contribution in [2.24, 2.45) is 20.0 Å². The van der Waals surface area contributed by atoms with E-state index in [0.29, 0.717) is 31.5 Å². The third-order valence-electron chi connectivity index (χ3n) is 5.29. The van der Waals surface area contributed by atoms with Crippen molar-refractivity contribution in [3.63, 3.8) is 0 Å². The molecule has 1 unspecified atom stereocenters. The van der Waals surface area contributed by atoms with Gasteiger partial charge in [-0.15, -0.1) is 0 Å². The fraction of sp³-hybridized carbons (Fsp3) is 0.500. The number of aromatic nitrogens is 3. The van der Waals surface area contributed by atoms with Crippen LogP contribution >= 0.6 is 0 Å². The minimum atomic E-state index is -0.199. The molecule has 0 aliphatic carbocycles. The van der Waals surface area contributed by atoms with Gasteiger partial charge in [-0.2, -0.15) is 5.10 Å². The van der Waals surface area contributed by atoms with E-state index in [1.807, 2.05) is 18.0 Å². The van der Waals surface area contributed by atoms with Crippen LogP contribution in [0.4, 0.5) is 0 Å². The summed E-state index contributed by atoms with van der Waals surface area (Å²) < 4.78 is 3.18. The summed E-state index contributed by atoms with van der Waals surface area (Å²) in [4.78, 5) is 38.2. The minimum Gasteiger partial charge on any atom is -0.352 e. The van der Waals surface area contributed by atoms with Crippen LogP contribution in [0.3, 0.4) is 0 Å². The number of carbonyl (C=O) groups is 2. The number of hydrogen-bond donors (Lipinski definition) is 1. The third kappa shape index (κ3) is 4.88. The molecule has 1 N–H and O–H groups in total. The molecule has 1 atom stereocenters. The Morgan fingerprint density at radius 1 is 1.25 bits per heavy atom. The monoisotopic (exact) mass is 385 g/mol. The number of piperidine rings is 1. The van der Waals surface area contributed by atoms with E-state index >= 15 is 0 Å². The molecule has 150 valence electrons. The van der Waals surface area contributed by atoms with Crippen molar-refractivity contribution in [2.75, 3.05) is 19.6 Å². The van der Waals surface area contributed by atoms with Crippen LogP contribution < -0.4 is 10.9 Å². The summed E-state index contributed by atoms with van der Waals surface area (Å²) in [5.41, 5.74) is 1.36. The van der Waals surface area contributed by atoms with Crippen molar-refractivity contribution in [3.8, 4) is 0 Å². The molecule has 0 spiro atoms. The van der Waals surface area contributed by atoms with E-state index in [1.54, 1.807) is 17.9 Å². The van der Waals surface area contributed by atoms with Crippen LogP contribution in [0.2, 0.25) is 0 Å². The van der Waals surface area contributed by atoms with Crippen molar-refractivity contribution in [3.05, 3.63) is 52.2 Å². The van der Waals surface area contributed by atoms with E-state index < -0.39 is 0 Å². The Bertz CT molecular complexity index is 901. The zero-order valence-corrected chi connectivity index (χ0v) is 16.4. The fourth-order valence-corrected chi connectivity index (χ4v) is 3.57. The van der Waals surface area contributed by atoms with Gasteiger partial charge in [-0.25, -0.2) is 0 Å². The van der Waals surface area contributed by atoms with Crippen molar-refractivity contribution >= 4 is 11.8 Å². The van der Waals surface area contributed by atoms with Crippen molar-refractivity contribution in [1.29, 1.82) is 0 Å². The zero-order valence-electron chi connectivity index (χ0n) is 16.4. The lowest BCUT2D eigenvalue weighted by Crippen LogP contribution is -2.43. The van der Waals surface area contributed by atoms with Gasteiger partial charge in [0.15, 0.2) is 0 Å². The molecular formula is C20H27N5O3. The number of amides is 2. The number of nitrogens with zero attached hydrogens (tertiary/aromatic N) is 4. The number of likely N-dealkylation sites (tertiary alicyclic amines) is 1. The molecule has 1 saturated heterocycles. The first-order valence-electron chi connectivity index (χ1n) is 9.63. The highest BCUT2D eigenvalue weighted by molar-refractivity contribution is 5.93. The van der Waals surface area contributed by atoms with Gasteiger partial charge in [0.1, 0.15) is 0 Å². The molecule has 0 aromatic carbocycles. The maximum atomic E-state index is 12.6. The van der Waals surface area contributed by atoms with E-state index in [4.69, 9.17) is 0 Å². The summed E-state index contributed by atoms with van der Waals surface area (Å²) in [6.07, 6.45) is 6.35. The van der Waals surface area contributed by atoms with Gasteiger partial charge in [0.25, 0.3) is 5.91 Å². The summed E-state index contributed by atoms with van der Waals surface area (Å²) in [5, 5.41) is 7.06. The molecular weight excluding hydrogens is 358 g/mol. The second kappa shape index (κ2) is 8.86. The predicted molar refractivity (Wildman–Crippen MR) is 105 cm³/mol. The van der Waals surface area contributed by atoms with Crippen molar-refractivity contribution in [2.45, 2.75) is 25.7 Å². The first-order valence-corrected chi connectivity index (χ1v) is 9.63. The summed E-state index contributed by atoms with van der Waals surface area (Å²) in [6.45, 7) is 1.96. The second-order valence-electron chi connectivity index (χ2n) is 7.37. The van der Waals surface area contributed by atoms with Crippen molar-refractivity contribution in [1.82, 2.24) is 24.6 Å². The van der Waals surface area contributed by atoms with E-state index in [0.717, 1.165) is 25.1 Å². The van der Waals surface area contributed by atoms with E-state index in [-0.39, 0.29) is 23.3 Å². The van der Waals surface area contributed by atoms with Gasteiger partial charge in [0.2, 0.25) is 11.5 Å². The van der Waals surface area contributed by atoms with Crippen LogP contribution in [-0.2, 0) is 25.3 Å². The molecule has 2 aromatic rings. The van der Waals surface area contributed by atoms with Gasteiger partial charge in [0.05, 0.1) is 5.56 Å². The third-order valence-corrected chi connectivity index (χ3v) is 5.29. The summed E-state index contributed by atoms with van der Waals surface area (Å²) >= 11 is 0. The lowest BCUT2D eigenvalue weighted by Gasteiger charge is -2.33.